The maximum Gasteiger partial charge on any atom is 0.125 e. The molecule has 0 amide bonds. The molecule has 0 saturated heterocycles. The van der Waals surface area contributed by atoms with Gasteiger partial charge >= 0.3 is 0 Å². The Bertz CT molecular complexity index is 563. The van der Waals surface area contributed by atoms with Crippen molar-refractivity contribution in [1.29, 1.82) is 0 Å². The van der Waals surface area contributed by atoms with Crippen LogP contribution in [0.3, 0.4) is 0 Å². The van der Waals surface area contributed by atoms with Crippen molar-refractivity contribution < 1.29 is 4.39 Å². The van der Waals surface area contributed by atoms with E-state index in [0.717, 1.165) is 5.69 Å². The standard InChI is InChI=1S/C13H13ClFN3/c14-12-4-1-9(15)5-13(12)17-7-11-6-16-8-18(11)10-2-3-10/h1,4-6,8,10,17H,2-3,7H2. The van der Waals surface area contributed by atoms with Crippen LogP contribution in [0.2, 0.25) is 5.02 Å². The van der Waals surface area contributed by atoms with Crippen LogP contribution >= 0.6 is 11.6 Å². The molecule has 1 N–H and O–H groups in total. The largest absolute Gasteiger partial charge is 0.378 e. The van der Waals surface area contributed by atoms with Gasteiger partial charge < -0.3 is 9.88 Å². The number of halogens is 2. The topological polar surface area (TPSA) is 29.9 Å². The molecule has 1 aromatic carbocycles. The zero-order valence-electron chi connectivity index (χ0n) is 9.74. The smallest absolute Gasteiger partial charge is 0.125 e. The number of anilines is 1. The first-order valence-corrected chi connectivity index (χ1v) is 6.31. The summed E-state index contributed by atoms with van der Waals surface area (Å²) < 4.78 is 15.3. The van der Waals surface area contributed by atoms with Crippen LogP contribution in [0.1, 0.15) is 24.6 Å². The third-order valence-electron chi connectivity index (χ3n) is 3.07. The van der Waals surface area contributed by atoms with Crippen LogP contribution in [-0.2, 0) is 6.54 Å². The number of hydrogen-bond acceptors (Lipinski definition) is 2. The van der Waals surface area contributed by atoms with E-state index >= 15 is 0 Å². The third-order valence-corrected chi connectivity index (χ3v) is 3.40. The lowest BCUT2D eigenvalue weighted by atomic mass is 10.3. The Morgan fingerprint density at radius 2 is 2.28 bits per heavy atom. The summed E-state index contributed by atoms with van der Waals surface area (Å²) in [6, 6.07) is 4.90. The van der Waals surface area contributed by atoms with Gasteiger partial charge in [0.05, 0.1) is 29.3 Å². The molecule has 18 heavy (non-hydrogen) atoms. The van der Waals surface area contributed by atoms with E-state index in [2.05, 4.69) is 14.9 Å². The first kappa shape index (κ1) is 11.5. The molecular weight excluding hydrogens is 253 g/mol. The molecule has 1 heterocycles. The van der Waals surface area contributed by atoms with E-state index in [9.17, 15) is 4.39 Å². The second-order valence-electron chi connectivity index (χ2n) is 4.50. The molecule has 5 heteroatoms. The highest BCUT2D eigenvalue weighted by molar-refractivity contribution is 6.33. The molecule has 1 aliphatic rings. The van der Waals surface area contributed by atoms with Crippen molar-refractivity contribution in [2.24, 2.45) is 0 Å². The number of nitrogens with zero attached hydrogens (tertiary/aromatic N) is 2. The molecule has 3 nitrogen and oxygen atoms in total. The Kier molecular flexibility index (Phi) is 2.96. The summed E-state index contributed by atoms with van der Waals surface area (Å²) in [6.07, 6.45) is 6.11. The Hall–Kier alpha value is -1.55. The number of imidazole rings is 1. The molecule has 0 radical (unpaired) electrons. The quantitative estimate of drug-likeness (QED) is 0.915. The number of nitrogens with one attached hydrogen (secondary N) is 1. The lowest BCUT2D eigenvalue weighted by Crippen LogP contribution is -2.06. The molecule has 1 saturated carbocycles. The van der Waals surface area contributed by atoms with Crippen molar-refractivity contribution in [3.8, 4) is 0 Å². The van der Waals surface area contributed by atoms with Crippen LogP contribution in [0, 0.1) is 5.82 Å². The molecule has 0 bridgehead atoms. The van der Waals surface area contributed by atoms with Crippen LogP contribution in [0.4, 0.5) is 10.1 Å². The molecule has 2 aromatic rings. The van der Waals surface area contributed by atoms with Crippen LogP contribution < -0.4 is 5.32 Å². The van der Waals surface area contributed by atoms with Crippen molar-refractivity contribution in [3.63, 3.8) is 0 Å². The molecule has 0 aliphatic heterocycles. The summed E-state index contributed by atoms with van der Waals surface area (Å²) >= 11 is 6.00. The van der Waals surface area contributed by atoms with Crippen LogP contribution in [0.15, 0.2) is 30.7 Å². The monoisotopic (exact) mass is 265 g/mol. The van der Waals surface area contributed by atoms with Gasteiger partial charge in [0.1, 0.15) is 5.82 Å². The Morgan fingerprint density at radius 1 is 1.44 bits per heavy atom. The fourth-order valence-corrected chi connectivity index (χ4v) is 2.15. The molecule has 0 atom stereocenters. The van der Waals surface area contributed by atoms with Crippen LogP contribution in [0.5, 0.6) is 0 Å². The van der Waals surface area contributed by atoms with Gasteiger partial charge in [-0.3, -0.25) is 0 Å². The van der Waals surface area contributed by atoms with Crippen molar-refractivity contribution in [1.82, 2.24) is 9.55 Å². The van der Waals surface area contributed by atoms with Gasteiger partial charge in [-0.1, -0.05) is 11.6 Å². The van der Waals surface area contributed by atoms with Gasteiger partial charge in [-0.2, -0.15) is 0 Å². The lowest BCUT2D eigenvalue weighted by Gasteiger charge is -2.10. The maximum atomic E-state index is 13.1. The Morgan fingerprint density at radius 3 is 3.06 bits per heavy atom. The van der Waals surface area contributed by atoms with E-state index in [1.54, 1.807) is 6.07 Å². The highest BCUT2D eigenvalue weighted by Crippen LogP contribution is 2.35. The van der Waals surface area contributed by atoms with E-state index in [-0.39, 0.29) is 5.82 Å². The van der Waals surface area contributed by atoms with E-state index in [0.29, 0.717) is 23.3 Å². The lowest BCUT2D eigenvalue weighted by molar-refractivity contribution is 0.628. The first-order valence-electron chi connectivity index (χ1n) is 5.93. The fraction of sp³-hybridized carbons (Fsp3) is 0.308. The summed E-state index contributed by atoms with van der Waals surface area (Å²) in [5.41, 5.74) is 1.71. The third kappa shape index (κ3) is 2.34. The fourth-order valence-electron chi connectivity index (χ4n) is 1.97. The second kappa shape index (κ2) is 4.61. The van der Waals surface area contributed by atoms with E-state index < -0.39 is 0 Å². The summed E-state index contributed by atoms with van der Waals surface area (Å²) in [6.45, 7) is 0.597. The maximum absolute atomic E-state index is 13.1. The van der Waals surface area contributed by atoms with Crippen molar-refractivity contribution in [3.05, 3.63) is 47.3 Å². The minimum absolute atomic E-state index is 0.294. The van der Waals surface area contributed by atoms with Gasteiger partial charge in [0, 0.05) is 12.2 Å². The minimum atomic E-state index is -0.294. The van der Waals surface area contributed by atoms with Crippen LogP contribution in [0.25, 0.3) is 0 Å². The highest BCUT2D eigenvalue weighted by Gasteiger charge is 2.24. The second-order valence-corrected chi connectivity index (χ2v) is 4.91. The number of benzene rings is 1. The average Bonchev–Trinajstić information content (AvgIpc) is 3.10. The minimum Gasteiger partial charge on any atom is -0.378 e. The number of aromatic nitrogens is 2. The zero-order valence-corrected chi connectivity index (χ0v) is 10.5. The first-order chi connectivity index (χ1) is 8.74. The molecule has 3 rings (SSSR count). The van der Waals surface area contributed by atoms with Gasteiger partial charge in [0.15, 0.2) is 0 Å². The normalized spacial score (nSPS) is 14.8. The molecule has 1 fully saturated rings. The Balaban J connectivity index is 1.73. The van der Waals surface area contributed by atoms with Gasteiger partial charge in [0.25, 0.3) is 0 Å². The van der Waals surface area contributed by atoms with E-state index in [1.807, 2.05) is 12.5 Å². The number of rotatable bonds is 4. The van der Waals surface area contributed by atoms with Gasteiger partial charge in [-0.25, -0.2) is 9.37 Å². The SMILES string of the molecule is Fc1ccc(Cl)c(NCc2cncn2C2CC2)c1. The summed E-state index contributed by atoms with van der Waals surface area (Å²) in [5.74, 6) is -0.294. The van der Waals surface area contributed by atoms with Crippen molar-refractivity contribution in [2.45, 2.75) is 25.4 Å². The predicted molar refractivity (Wildman–Crippen MR) is 69.2 cm³/mol. The molecule has 1 aliphatic carbocycles. The summed E-state index contributed by atoms with van der Waals surface area (Å²) in [5, 5.41) is 3.67. The van der Waals surface area contributed by atoms with E-state index in [4.69, 9.17) is 11.6 Å². The average molecular weight is 266 g/mol. The molecule has 1 aromatic heterocycles. The Labute approximate surface area is 110 Å². The van der Waals surface area contributed by atoms with Crippen molar-refractivity contribution in [2.75, 3.05) is 5.32 Å². The molecule has 0 spiro atoms. The molecular formula is C13H13ClFN3. The predicted octanol–water partition coefficient (Wildman–Crippen LogP) is 3.62. The van der Waals surface area contributed by atoms with Gasteiger partial charge in [-0.15, -0.1) is 0 Å². The summed E-state index contributed by atoms with van der Waals surface area (Å²) in [4.78, 5) is 4.15. The van der Waals surface area contributed by atoms with E-state index in [1.165, 1.54) is 25.0 Å². The number of hydrogen-bond donors (Lipinski definition) is 1. The molecule has 0 unspecified atom stereocenters. The zero-order chi connectivity index (χ0) is 12.5. The highest BCUT2D eigenvalue weighted by atomic mass is 35.5. The van der Waals surface area contributed by atoms with Crippen molar-refractivity contribution >= 4 is 17.3 Å². The summed E-state index contributed by atoms with van der Waals surface area (Å²) in [7, 11) is 0. The molecule has 94 valence electrons. The van der Waals surface area contributed by atoms with Gasteiger partial charge in [-0.05, 0) is 31.0 Å². The van der Waals surface area contributed by atoms with Crippen LogP contribution in [-0.4, -0.2) is 9.55 Å². The van der Waals surface area contributed by atoms with Gasteiger partial charge in [0.2, 0.25) is 0 Å².